The second-order valence-electron chi connectivity index (χ2n) is 7.17. The van der Waals surface area contributed by atoms with Crippen molar-refractivity contribution in [1.29, 1.82) is 0 Å². The number of nitrogens with zero attached hydrogens (tertiary/aromatic N) is 4. The Bertz CT molecular complexity index is 1030. The van der Waals surface area contributed by atoms with E-state index >= 15 is 0 Å². The highest BCUT2D eigenvalue weighted by Gasteiger charge is 2.22. The zero-order chi connectivity index (χ0) is 21.1. The minimum atomic E-state index is -0.135. The van der Waals surface area contributed by atoms with Gasteiger partial charge in [-0.3, -0.25) is 14.4 Å². The molecule has 1 N–H and O–H groups in total. The number of aryl methyl sites for hydroxylation is 3. The van der Waals surface area contributed by atoms with Crippen LogP contribution in [0.5, 0.6) is 0 Å². The molecule has 0 aliphatic rings. The summed E-state index contributed by atoms with van der Waals surface area (Å²) in [6.07, 6.45) is 0. The molecule has 7 heteroatoms. The minimum Gasteiger partial charge on any atom is -0.350 e. The number of hydrogen-bond acceptors (Lipinski definition) is 4. The van der Waals surface area contributed by atoms with E-state index in [2.05, 4.69) is 34.1 Å². The number of carbonyl (C=O) groups excluding carboxylic acids is 1. The molecule has 0 aliphatic heterocycles. The van der Waals surface area contributed by atoms with Crippen LogP contribution in [-0.2, 0) is 7.05 Å². The first-order valence-electron chi connectivity index (χ1n) is 9.94. The normalized spacial score (nSPS) is 12.5. The van der Waals surface area contributed by atoms with Gasteiger partial charge in [0.25, 0.3) is 5.91 Å². The van der Waals surface area contributed by atoms with Gasteiger partial charge in [-0.1, -0.05) is 43.6 Å². The van der Waals surface area contributed by atoms with Crippen LogP contribution >= 0.6 is 11.6 Å². The van der Waals surface area contributed by atoms with Crippen molar-refractivity contribution in [2.24, 2.45) is 7.05 Å². The minimum absolute atomic E-state index is 0.000209. The van der Waals surface area contributed by atoms with Crippen LogP contribution in [0, 0.1) is 13.8 Å². The molecule has 3 rings (SSSR count). The van der Waals surface area contributed by atoms with Crippen LogP contribution in [0.3, 0.4) is 0 Å². The summed E-state index contributed by atoms with van der Waals surface area (Å²) in [6.45, 7) is 10.2. The van der Waals surface area contributed by atoms with Crippen LogP contribution in [0.15, 0.2) is 30.3 Å². The van der Waals surface area contributed by atoms with Crippen LogP contribution in [0.1, 0.15) is 47.2 Å². The van der Waals surface area contributed by atoms with Gasteiger partial charge in [0.15, 0.2) is 5.65 Å². The van der Waals surface area contributed by atoms with E-state index in [0.717, 1.165) is 35.4 Å². The molecule has 0 saturated carbocycles. The Hall–Kier alpha value is -2.44. The molecule has 2 aromatic heterocycles. The first-order chi connectivity index (χ1) is 13.9. The number of hydrogen-bond donors (Lipinski definition) is 1. The van der Waals surface area contributed by atoms with Crippen molar-refractivity contribution in [3.63, 3.8) is 0 Å². The van der Waals surface area contributed by atoms with Gasteiger partial charge in [-0.25, -0.2) is 4.98 Å². The quantitative estimate of drug-likeness (QED) is 0.634. The Morgan fingerprint density at radius 1 is 1.21 bits per heavy atom. The lowest BCUT2D eigenvalue weighted by atomic mass is 10.0. The van der Waals surface area contributed by atoms with E-state index in [1.54, 1.807) is 4.68 Å². The Morgan fingerprint density at radius 3 is 2.55 bits per heavy atom. The third-order valence-electron chi connectivity index (χ3n) is 5.41. The monoisotopic (exact) mass is 413 g/mol. The first kappa shape index (κ1) is 21.3. The molecule has 0 aliphatic carbocycles. The maximum absolute atomic E-state index is 13.0. The Balaban J connectivity index is 1.87. The Labute approximate surface area is 176 Å². The van der Waals surface area contributed by atoms with Crippen LogP contribution in [0.2, 0.25) is 5.02 Å². The van der Waals surface area contributed by atoms with E-state index in [4.69, 9.17) is 11.6 Å². The summed E-state index contributed by atoms with van der Waals surface area (Å²) >= 11 is 6.46. The molecule has 0 saturated heterocycles. The highest BCUT2D eigenvalue weighted by atomic mass is 35.5. The average Bonchev–Trinajstić information content (AvgIpc) is 2.98. The maximum atomic E-state index is 13.0. The summed E-state index contributed by atoms with van der Waals surface area (Å²) < 4.78 is 1.74. The van der Waals surface area contributed by atoms with Gasteiger partial charge in [-0.15, -0.1) is 0 Å². The number of likely N-dealkylation sites (N-methyl/N-ethyl adjacent to an activating group) is 1. The van der Waals surface area contributed by atoms with Crippen LogP contribution in [0.25, 0.3) is 11.0 Å². The van der Waals surface area contributed by atoms with Gasteiger partial charge < -0.3 is 5.32 Å². The maximum Gasteiger partial charge on any atom is 0.253 e. The lowest BCUT2D eigenvalue weighted by Gasteiger charge is -2.31. The fourth-order valence-corrected chi connectivity index (χ4v) is 4.05. The number of nitrogens with one attached hydrogen (secondary N) is 1. The van der Waals surface area contributed by atoms with Crippen LogP contribution in [-0.4, -0.2) is 45.2 Å². The Morgan fingerprint density at radius 2 is 1.90 bits per heavy atom. The number of amides is 1. The number of rotatable bonds is 7. The van der Waals surface area contributed by atoms with E-state index in [1.807, 2.05) is 51.2 Å². The number of benzene rings is 1. The second-order valence-corrected chi connectivity index (χ2v) is 7.58. The van der Waals surface area contributed by atoms with Gasteiger partial charge >= 0.3 is 0 Å². The number of fused-ring (bicyclic) bond motifs is 1. The standard InChI is InChI=1S/C22H28ClN5O/c1-6-28(7-2)20(16-10-8-9-11-19(16)23)13-24-22(29)18-12-17-15(4)26-27(5)21(17)25-14(18)3/h8-12,20H,6-7,13H2,1-5H3,(H,24,29). The lowest BCUT2D eigenvalue weighted by Crippen LogP contribution is -2.38. The molecule has 0 spiro atoms. The molecule has 3 aromatic rings. The molecule has 1 amide bonds. The number of pyridine rings is 1. The average molecular weight is 414 g/mol. The molecule has 0 fully saturated rings. The van der Waals surface area contributed by atoms with Crippen molar-refractivity contribution in [3.8, 4) is 0 Å². The van der Waals surface area contributed by atoms with E-state index in [0.29, 0.717) is 22.8 Å². The highest BCUT2D eigenvalue weighted by molar-refractivity contribution is 6.31. The third-order valence-corrected chi connectivity index (χ3v) is 5.75. The Kier molecular flexibility index (Phi) is 6.55. The SMILES string of the molecule is CCN(CC)C(CNC(=O)c1cc2c(C)nn(C)c2nc1C)c1ccccc1Cl. The molecule has 6 nitrogen and oxygen atoms in total. The smallest absolute Gasteiger partial charge is 0.253 e. The van der Waals surface area contributed by atoms with Crippen LogP contribution < -0.4 is 5.32 Å². The summed E-state index contributed by atoms with van der Waals surface area (Å²) in [5, 5.41) is 9.11. The van der Waals surface area contributed by atoms with Gasteiger partial charge in [0, 0.05) is 24.0 Å². The summed E-state index contributed by atoms with van der Waals surface area (Å²) in [5.41, 5.74) is 3.93. The van der Waals surface area contributed by atoms with Gasteiger partial charge in [0.05, 0.1) is 23.0 Å². The summed E-state index contributed by atoms with van der Waals surface area (Å²) in [7, 11) is 1.86. The van der Waals surface area contributed by atoms with Gasteiger partial charge in [-0.05, 0) is 44.6 Å². The molecular formula is C22H28ClN5O. The van der Waals surface area contributed by atoms with Crippen molar-refractivity contribution in [2.45, 2.75) is 33.7 Å². The third kappa shape index (κ3) is 4.28. The fraction of sp³-hybridized carbons (Fsp3) is 0.409. The van der Waals surface area contributed by atoms with E-state index < -0.39 is 0 Å². The molecule has 2 heterocycles. The van der Waals surface area contributed by atoms with Gasteiger partial charge in [0.1, 0.15) is 0 Å². The number of aromatic nitrogens is 3. The zero-order valence-corrected chi connectivity index (χ0v) is 18.4. The molecule has 1 aromatic carbocycles. The number of halogens is 1. The van der Waals surface area contributed by atoms with Crippen molar-refractivity contribution >= 4 is 28.5 Å². The van der Waals surface area contributed by atoms with E-state index in [1.165, 1.54) is 0 Å². The molecule has 0 radical (unpaired) electrons. The second kappa shape index (κ2) is 8.93. The summed E-state index contributed by atoms with van der Waals surface area (Å²) in [6, 6.07) is 9.70. The fourth-order valence-electron chi connectivity index (χ4n) is 3.79. The predicted molar refractivity (Wildman–Crippen MR) is 117 cm³/mol. The first-order valence-corrected chi connectivity index (χ1v) is 10.3. The van der Waals surface area contributed by atoms with Gasteiger partial charge in [-0.2, -0.15) is 5.10 Å². The zero-order valence-electron chi connectivity index (χ0n) is 17.7. The molecule has 1 atom stereocenters. The molecule has 0 bridgehead atoms. The molecule has 1 unspecified atom stereocenters. The highest BCUT2D eigenvalue weighted by Crippen LogP contribution is 2.27. The summed E-state index contributed by atoms with van der Waals surface area (Å²) in [4.78, 5) is 19.9. The lowest BCUT2D eigenvalue weighted by molar-refractivity contribution is 0.0934. The molecule has 154 valence electrons. The number of carbonyl (C=O) groups is 1. The predicted octanol–water partition coefficient (Wildman–Crippen LogP) is 4.05. The molecular weight excluding hydrogens is 386 g/mol. The van der Waals surface area contributed by atoms with E-state index in [9.17, 15) is 4.79 Å². The van der Waals surface area contributed by atoms with E-state index in [-0.39, 0.29) is 11.9 Å². The van der Waals surface area contributed by atoms with Crippen LogP contribution in [0.4, 0.5) is 0 Å². The van der Waals surface area contributed by atoms with Crippen molar-refractivity contribution in [3.05, 3.63) is 57.9 Å². The topological polar surface area (TPSA) is 63.1 Å². The van der Waals surface area contributed by atoms with Crippen molar-refractivity contribution in [2.75, 3.05) is 19.6 Å². The molecule has 29 heavy (non-hydrogen) atoms. The van der Waals surface area contributed by atoms with Crippen molar-refractivity contribution < 1.29 is 4.79 Å². The largest absolute Gasteiger partial charge is 0.350 e. The van der Waals surface area contributed by atoms with Gasteiger partial charge in [0.2, 0.25) is 0 Å². The van der Waals surface area contributed by atoms with Crippen molar-refractivity contribution in [1.82, 2.24) is 25.0 Å². The summed E-state index contributed by atoms with van der Waals surface area (Å²) in [5.74, 6) is -0.135.